The normalized spacial score (nSPS) is 11.7. The summed E-state index contributed by atoms with van der Waals surface area (Å²) in [4.78, 5) is 0.842. The molecule has 0 atom stereocenters. The molecular weight excluding hydrogens is 240 g/mol. The average Bonchev–Trinajstić information content (AvgIpc) is 2.73. The third kappa shape index (κ3) is 2.79. The fraction of sp³-hybridized carbons (Fsp3) is 0.267. The zero-order valence-electron chi connectivity index (χ0n) is 10.7. The van der Waals surface area contributed by atoms with Crippen molar-refractivity contribution in [2.45, 2.75) is 20.3 Å². The van der Waals surface area contributed by atoms with Crippen molar-refractivity contribution >= 4 is 33.3 Å². The number of nitrogens with one attached hydrogen (secondary N) is 1. The fourth-order valence-electron chi connectivity index (χ4n) is 1.83. The van der Waals surface area contributed by atoms with Gasteiger partial charge in [0.1, 0.15) is 5.84 Å². The monoisotopic (exact) mass is 258 g/mol. The molecule has 3 N–H and O–H groups in total. The largest absolute Gasteiger partial charge is 0.383 e. The fourth-order valence-corrected chi connectivity index (χ4v) is 2.79. The molecule has 2 rings (SSSR count). The van der Waals surface area contributed by atoms with Gasteiger partial charge in [-0.2, -0.15) is 0 Å². The Hall–Kier alpha value is -1.61. The summed E-state index contributed by atoms with van der Waals surface area (Å²) in [6.07, 6.45) is 5.46. The van der Waals surface area contributed by atoms with E-state index in [9.17, 15) is 0 Å². The molecular formula is C15H18N2S. The first-order chi connectivity index (χ1) is 8.58. The maximum absolute atomic E-state index is 7.50. The van der Waals surface area contributed by atoms with Crippen LogP contribution >= 0.6 is 11.3 Å². The second-order valence-electron chi connectivity index (χ2n) is 4.82. The first kappa shape index (κ1) is 12.8. The van der Waals surface area contributed by atoms with Crippen molar-refractivity contribution in [3.63, 3.8) is 0 Å². The Morgan fingerprint density at radius 2 is 2.22 bits per heavy atom. The quantitative estimate of drug-likeness (QED) is 0.625. The lowest BCUT2D eigenvalue weighted by Gasteiger charge is -1.99. The van der Waals surface area contributed by atoms with E-state index >= 15 is 0 Å². The molecule has 0 bridgehead atoms. The van der Waals surface area contributed by atoms with E-state index in [1.54, 1.807) is 11.3 Å². The van der Waals surface area contributed by atoms with Crippen molar-refractivity contribution in [3.05, 3.63) is 40.8 Å². The standard InChI is InChI=1S/C15H18N2S/c1-10(2)5-3-6-11-7-4-8-13-12(11)9-14(18-13)15(16)17/h3-4,6-10H,5H2,1-2H3,(H3,16,17). The Kier molecular flexibility index (Phi) is 3.82. The molecule has 2 nitrogen and oxygen atoms in total. The maximum Gasteiger partial charge on any atom is 0.133 e. The predicted molar refractivity (Wildman–Crippen MR) is 81.3 cm³/mol. The van der Waals surface area contributed by atoms with Crippen LogP contribution in [0, 0.1) is 11.3 Å². The van der Waals surface area contributed by atoms with Gasteiger partial charge in [0.2, 0.25) is 0 Å². The van der Waals surface area contributed by atoms with E-state index in [1.165, 1.54) is 15.6 Å². The lowest BCUT2D eigenvalue weighted by Crippen LogP contribution is -2.08. The highest BCUT2D eigenvalue weighted by molar-refractivity contribution is 7.20. The zero-order valence-corrected chi connectivity index (χ0v) is 11.6. The van der Waals surface area contributed by atoms with Crippen molar-refractivity contribution < 1.29 is 0 Å². The Balaban J connectivity index is 2.38. The lowest BCUT2D eigenvalue weighted by atomic mass is 10.1. The molecule has 2 aromatic rings. The van der Waals surface area contributed by atoms with Crippen LogP contribution in [0.2, 0.25) is 0 Å². The molecule has 18 heavy (non-hydrogen) atoms. The number of hydrogen-bond donors (Lipinski definition) is 2. The van der Waals surface area contributed by atoms with Crippen molar-refractivity contribution in [1.29, 1.82) is 5.41 Å². The third-order valence-electron chi connectivity index (χ3n) is 2.77. The summed E-state index contributed by atoms with van der Waals surface area (Å²) in [6.45, 7) is 4.42. The van der Waals surface area contributed by atoms with Crippen LogP contribution in [0.3, 0.4) is 0 Å². The van der Waals surface area contributed by atoms with E-state index in [1.807, 2.05) is 6.07 Å². The predicted octanol–water partition coefficient (Wildman–Crippen LogP) is 4.24. The van der Waals surface area contributed by atoms with Gasteiger partial charge in [0, 0.05) is 10.1 Å². The first-order valence-electron chi connectivity index (χ1n) is 6.11. The van der Waals surface area contributed by atoms with Gasteiger partial charge < -0.3 is 5.73 Å². The number of allylic oxidation sites excluding steroid dienone is 1. The van der Waals surface area contributed by atoms with Gasteiger partial charge in [-0.3, -0.25) is 5.41 Å². The molecule has 0 saturated carbocycles. The Morgan fingerprint density at radius 1 is 1.44 bits per heavy atom. The van der Waals surface area contributed by atoms with E-state index in [2.05, 4.69) is 44.2 Å². The van der Waals surface area contributed by atoms with Crippen LogP contribution in [-0.2, 0) is 0 Å². The summed E-state index contributed by atoms with van der Waals surface area (Å²) in [7, 11) is 0. The number of hydrogen-bond acceptors (Lipinski definition) is 2. The van der Waals surface area contributed by atoms with Gasteiger partial charge in [0.15, 0.2) is 0 Å². The summed E-state index contributed by atoms with van der Waals surface area (Å²) >= 11 is 1.58. The molecule has 0 fully saturated rings. The van der Waals surface area contributed by atoms with E-state index in [0.717, 1.165) is 11.3 Å². The van der Waals surface area contributed by atoms with Gasteiger partial charge in [0.05, 0.1) is 4.88 Å². The van der Waals surface area contributed by atoms with Crippen LogP contribution in [0.4, 0.5) is 0 Å². The van der Waals surface area contributed by atoms with Gasteiger partial charge in [0.25, 0.3) is 0 Å². The average molecular weight is 258 g/mol. The highest BCUT2D eigenvalue weighted by atomic mass is 32.1. The molecule has 1 heterocycles. The topological polar surface area (TPSA) is 49.9 Å². The van der Waals surface area contributed by atoms with E-state index in [-0.39, 0.29) is 5.84 Å². The number of nitrogen functional groups attached to an aromatic ring is 1. The van der Waals surface area contributed by atoms with Gasteiger partial charge in [-0.15, -0.1) is 11.3 Å². The molecule has 0 amide bonds. The molecule has 3 heteroatoms. The number of rotatable bonds is 4. The number of fused-ring (bicyclic) bond motifs is 1. The summed E-state index contributed by atoms with van der Waals surface area (Å²) < 4.78 is 1.19. The van der Waals surface area contributed by atoms with Crippen LogP contribution in [0.25, 0.3) is 16.2 Å². The van der Waals surface area contributed by atoms with Gasteiger partial charge >= 0.3 is 0 Å². The summed E-state index contributed by atoms with van der Waals surface area (Å²) in [6, 6.07) is 8.25. The van der Waals surface area contributed by atoms with Gasteiger partial charge in [-0.25, -0.2) is 0 Å². The Labute approximate surface area is 112 Å². The molecule has 0 radical (unpaired) electrons. The molecule has 0 saturated heterocycles. The van der Waals surface area contributed by atoms with Crippen LogP contribution in [-0.4, -0.2) is 5.84 Å². The van der Waals surface area contributed by atoms with E-state index in [0.29, 0.717) is 5.92 Å². The summed E-state index contributed by atoms with van der Waals surface area (Å²) in [5, 5.41) is 8.69. The van der Waals surface area contributed by atoms with Crippen molar-refractivity contribution in [2.75, 3.05) is 0 Å². The Morgan fingerprint density at radius 3 is 2.89 bits per heavy atom. The smallest absolute Gasteiger partial charge is 0.133 e. The second kappa shape index (κ2) is 5.36. The number of nitrogens with two attached hydrogens (primary N) is 1. The molecule has 0 aliphatic heterocycles. The maximum atomic E-state index is 7.50. The summed E-state index contributed by atoms with van der Waals surface area (Å²) in [5.41, 5.74) is 6.75. The van der Waals surface area contributed by atoms with Crippen LogP contribution in [0.15, 0.2) is 30.3 Å². The van der Waals surface area contributed by atoms with Crippen molar-refractivity contribution in [2.24, 2.45) is 11.7 Å². The van der Waals surface area contributed by atoms with Crippen LogP contribution < -0.4 is 5.73 Å². The highest BCUT2D eigenvalue weighted by Crippen LogP contribution is 2.29. The Bertz CT molecular complexity index is 594. The molecule has 0 aliphatic rings. The van der Waals surface area contributed by atoms with Gasteiger partial charge in [-0.05, 0) is 30.0 Å². The SMILES string of the molecule is CC(C)CC=Cc1cccc2sc(C(=N)N)cc12. The van der Waals surface area contributed by atoms with Crippen molar-refractivity contribution in [3.8, 4) is 0 Å². The summed E-state index contributed by atoms with van der Waals surface area (Å²) in [5.74, 6) is 0.823. The molecule has 94 valence electrons. The minimum atomic E-state index is 0.147. The zero-order chi connectivity index (χ0) is 13.1. The second-order valence-corrected chi connectivity index (χ2v) is 5.90. The number of benzene rings is 1. The third-order valence-corrected chi connectivity index (χ3v) is 3.90. The first-order valence-corrected chi connectivity index (χ1v) is 6.93. The molecule has 0 unspecified atom stereocenters. The molecule has 0 aliphatic carbocycles. The minimum absolute atomic E-state index is 0.147. The highest BCUT2D eigenvalue weighted by Gasteiger charge is 2.06. The van der Waals surface area contributed by atoms with Crippen LogP contribution in [0.5, 0.6) is 0 Å². The van der Waals surface area contributed by atoms with Crippen molar-refractivity contribution in [1.82, 2.24) is 0 Å². The molecule has 1 aromatic heterocycles. The minimum Gasteiger partial charge on any atom is -0.383 e. The molecule has 0 spiro atoms. The van der Waals surface area contributed by atoms with Gasteiger partial charge in [-0.1, -0.05) is 38.1 Å². The van der Waals surface area contributed by atoms with Crippen LogP contribution in [0.1, 0.15) is 30.7 Å². The number of thiophene rings is 1. The van der Waals surface area contributed by atoms with E-state index in [4.69, 9.17) is 11.1 Å². The number of amidine groups is 1. The van der Waals surface area contributed by atoms with E-state index < -0.39 is 0 Å². The lowest BCUT2D eigenvalue weighted by molar-refractivity contribution is 0.665. The molecule has 1 aromatic carbocycles.